The molecular formula is C75H104N13O15+. The third-order valence-corrected chi connectivity index (χ3v) is 18.4. The summed E-state index contributed by atoms with van der Waals surface area (Å²) < 4.78 is 0.256. The lowest BCUT2D eigenvalue weighted by Gasteiger charge is -2.34. The predicted molar refractivity (Wildman–Crippen MR) is 383 cm³/mol. The van der Waals surface area contributed by atoms with Crippen LogP contribution < -0.4 is 53.6 Å². The summed E-state index contributed by atoms with van der Waals surface area (Å²) in [5.41, 5.74) is 8.49. The number of carboxylic acids is 2. The molecule has 0 aliphatic carbocycles. The van der Waals surface area contributed by atoms with Crippen molar-refractivity contribution in [1.82, 2.24) is 57.7 Å². The highest BCUT2D eigenvalue weighted by molar-refractivity contribution is 6.00. The van der Waals surface area contributed by atoms with Crippen LogP contribution >= 0.6 is 0 Å². The van der Waals surface area contributed by atoms with Gasteiger partial charge in [0.25, 0.3) is 5.91 Å². The number of hydrogen-bond acceptors (Lipinski definition) is 14. The number of carboxylic acid groups (broad SMARTS) is 2. The summed E-state index contributed by atoms with van der Waals surface area (Å²) >= 11 is 0. The lowest BCUT2D eigenvalue weighted by molar-refractivity contribution is -0.886. The average molecular weight is 1430 g/mol. The summed E-state index contributed by atoms with van der Waals surface area (Å²) in [7, 11) is 5.70. The maximum absolute atomic E-state index is 15.0. The molecule has 0 aromatic heterocycles. The van der Waals surface area contributed by atoms with E-state index in [-0.39, 0.29) is 62.0 Å². The second-order valence-corrected chi connectivity index (χ2v) is 28.1. The Hall–Kier alpha value is -10.1. The number of benzene rings is 4. The van der Waals surface area contributed by atoms with Gasteiger partial charge >= 0.3 is 11.9 Å². The summed E-state index contributed by atoms with van der Waals surface area (Å²) in [4.78, 5) is 184. The highest BCUT2D eigenvalue weighted by atomic mass is 16.4. The Morgan fingerprint density at radius 1 is 0.456 bits per heavy atom. The molecule has 558 valence electrons. The molecule has 11 atom stereocenters. The summed E-state index contributed by atoms with van der Waals surface area (Å²) in [6.07, 6.45) is 1.34. The molecule has 0 bridgehead atoms. The molecule has 13 N–H and O–H groups in total. The van der Waals surface area contributed by atoms with Crippen molar-refractivity contribution in [2.75, 3.05) is 47.3 Å². The quantitative estimate of drug-likeness (QED) is 0.0222. The van der Waals surface area contributed by atoms with Gasteiger partial charge in [0.1, 0.15) is 60.4 Å². The maximum atomic E-state index is 15.0. The minimum absolute atomic E-state index is 0.0390. The van der Waals surface area contributed by atoms with E-state index in [1.807, 2.05) is 81.8 Å². The Kier molecular flexibility index (Phi) is 31.7. The first-order chi connectivity index (χ1) is 48.9. The van der Waals surface area contributed by atoms with E-state index in [0.29, 0.717) is 49.8 Å². The summed E-state index contributed by atoms with van der Waals surface area (Å²) in [6, 6.07) is 22.7. The fraction of sp³-hybridized carbons (Fsp3) is 0.507. The number of rotatable bonds is 39. The van der Waals surface area contributed by atoms with Gasteiger partial charge in [-0.05, 0) is 98.9 Å². The molecule has 0 saturated carbocycles. The van der Waals surface area contributed by atoms with Crippen LogP contribution in [0.5, 0.6) is 0 Å². The van der Waals surface area contributed by atoms with Crippen LogP contribution in [-0.2, 0) is 88.0 Å². The molecule has 4 aromatic carbocycles. The van der Waals surface area contributed by atoms with Crippen LogP contribution in [0, 0.1) is 11.8 Å². The monoisotopic (exact) mass is 1430 g/mol. The highest BCUT2D eigenvalue weighted by Gasteiger charge is 2.44. The molecule has 6 rings (SSSR count). The van der Waals surface area contributed by atoms with E-state index in [1.54, 1.807) is 88.4 Å². The van der Waals surface area contributed by atoms with Crippen molar-refractivity contribution < 1.29 is 77.0 Å². The lowest BCUT2D eigenvalue weighted by atomic mass is 9.99. The number of likely N-dealkylation sites (N-methyl/N-ethyl adjacent to an activating group) is 1. The number of nitrogens with two attached hydrogens (primary N) is 1. The molecule has 28 nitrogen and oxygen atoms in total. The van der Waals surface area contributed by atoms with E-state index < -0.39 is 169 Å². The Morgan fingerprint density at radius 2 is 0.874 bits per heavy atom. The van der Waals surface area contributed by atoms with Crippen molar-refractivity contribution in [1.29, 1.82) is 0 Å². The van der Waals surface area contributed by atoms with Crippen molar-refractivity contribution in [3.05, 3.63) is 144 Å². The molecular weight excluding hydrogens is 1320 g/mol. The summed E-state index contributed by atoms with van der Waals surface area (Å²) in [5.74, 6) is -11.6. The number of carbonyl (C=O) groups excluding carboxylic acids is 11. The van der Waals surface area contributed by atoms with Crippen LogP contribution in [0.3, 0.4) is 0 Å². The van der Waals surface area contributed by atoms with Gasteiger partial charge < -0.3 is 78.1 Å². The number of likely N-dealkylation sites (tertiary alicyclic amines) is 2. The van der Waals surface area contributed by atoms with E-state index in [9.17, 15) is 67.7 Å². The van der Waals surface area contributed by atoms with Gasteiger partial charge in [0.2, 0.25) is 59.1 Å². The molecule has 103 heavy (non-hydrogen) atoms. The van der Waals surface area contributed by atoms with E-state index >= 15 is 4.79 Å². The van der Waals surface area contributed by atoms with Crippen LogP contribution in [0.4, 0.5) is 0 Å². The van der Waals surface area contributed by atoms with Crippen molar-refractivity contribution in [3.63, 3.8) is 0 Å². The molecule has 2 heterocycles. The normalized spacial score (nSPS) is 17.0. The first kappa shape index (κ1) is 81.9. The smallest absolute Gasteiger partial charge is 0.326 e. The molecule has 0 radical (unpaired) electrons. The van der Waals surface area contributed by atoms with Gasteiger partial charge in [0.05, 0.1) is 27.7 Å². The average Bonchev–Trinajstić information content (AvgIpc) is 1.69. The van der Waals surface area contributed by atoms with Crippen LogP contribution in [0.25, 0.3) is 0 Å². The van der Waals surface area contributed by atoms with Gasteiger partial charge in [0.15, 0.2) is 6.04 Å². The molecule has 2 aliphatic heterocycles. The zero-order valence-corrected chi connectivity index (χ0v) is 60.2. The number of hydrogen-bond donors (Lipinski definition) is 12. The largest absolute Gasteiger partial charge is 0.481 e. The van der Waals surface area contributed by atoms with E-state index in [0.717, 1.165) is 11.1 Å². The molecule has 28 heteroatoms. The molecule has 2 aliphatic rings. The third kappa shape index (κ3) is 25.4. The van der Waals surface area contributed by atoms with Gasteiger partial charge in [-0.25, -0.2) is 4.79 Å². The Morgan fingerprint density at radius 3 is 1.32 bits per heavy atom. The van der Waals surface area contributed by atoms with Crippen molar-refractivity contribution in [3.8, 4) is 0 Å². The number of nitrogens with zero attached hydrogens (tertiary/aromatic N) is 3. The molecule has 4 aromatic rings. The Balaban J connectivity index is 1.13. The number of unbranched alkanes of at least 4 members (excludes halogenated alkanes) is 1. The minimum Gasteiger partial charge on any atom is -0.481 e. The second kappa shape index (κ2) is 39.9. The molecule has 11 amide bonds. The zero-order valence-electron chi connectivity index (χ0n) is 60.2. The Bertz CT molecular complexity index is 3540. The van der Waals surface area contributed by atoms with E-state index in [2.05, 4.69) is 47.9 Å². The van der Waals surface area contributed by atoms with Crippen LogP contribution in [-0.4, -0.2) is 215 Å². The molecule has 0 unspecified atom stereocenters. The lowest BCUT2D eigenvalue weighted by Crippen LogP contribution is -2.61. The SMILES string of the molecule is CC(C)[C@H](NC(=O)[C@H](Cc1ccccc1)NC(=O)[C@H](Cc1ccccc1)[N+](C)(C)C)C(=O)N[C@@H](C)C(=O)N1CCC[C@H]1C(=O)N[C@@H](Cc1ccccc1)C(=O)N1CCC[C@H]1C(=O)N[C@@H](CCC(=O)O)C(=O)N[C@H](C(=O)N[C@@H](Cc1ccccc1)C(=O)NCC(=O)N[C@@H](CCCCN)C(=O)O)C(C)C. The highest BCUT2D eigenvalue weighted by Crippen LogP contribution is 2.24. The predicted octanol–water partition coefficient (Wildman–Crippen LogP) is 1.42. The fourth-order valence-corrected chi connectivity index (χ4v) is 12.6. The first-order valence-corrected chi connectivity index (χ1v) is 35.4. The standard InChI is InChI=1S/C75H103N13O15/c1-46(2)63(85-67(94)56(42-50-27-15-10-16-28-50)81-70(97)60(88(6,7)8)44-52-31-19-12-20-32-52)71(98)78-48(5)73(100)86-39-23-34-58(86)69(96)83-57(43-51-29-17-11-18-30-51)74(101)87-40-24-35-59(87)68(95)80-53(36-37-62(90)91)66(93)84-64(47(3)4)72(99)82-55(41-49-25-13-9-14-26-49)65(92)77-45-61(89)79-54(75(102)103)33-21-22-38-76/h9-20,25-32,46-48,53-60,63-64H,21-24,33-45,76H2,1-8H3,(H10-,77,78,79,80,81,82,83,84,85,89,90,91,92,93,94,95,96,97,98,99,102,103)/p+1/t48-,53-,54-,55-,56-,57-,58-,59-,60-,63-,64-/m0/s1. The van der Waals surface area contributed by atoms with E-state index in [4.69, 9.17) is 5.73 Å². The first-order valence-electron chi connectivity index (χ1n) is 35.4. The van der Waals surface area contributed by atoms with Gasteiger partial charge in [-0.3, -0.25) is 57.5 Å². The number of nitrogens with one attached hydrogen (secondary N) is 9. The van der Waals surface area contributed by atoms with Crippen LogP contribution in [0.15, 0.2) is 121 Å². The molecule has 2 saturated heterocycles. The third-order valence-electron chi connectivity index (χ3n) is 18.4. The molecule has 2 fully saturated rings. The van der Waals surface area contributed by atoms with Crippen molar-refractivity contribution >= 4 is 76.9 Å². The zero-order chi connectivity index (χ0) is 75.5. The fourth-order valence-electron chi connectivity index (χ4n) is 12.6. The number of quaternary nitrogens is 1. The van der Waals surface area contributed by atoms with Gasteiger partial charge in [-0.2, -0.15) is 0 Å². The molecule has 0 spiro atoms. The number of carbonyl (C=O) groups is 13. The van der Waals surface area contributed by atoms with Gasteiger partial charge in [-0.15, -0.1) is 0 Å². The minimum atomic E-state index is -1.58. The van der Waals surface area contributed by atoms with Crippen molar-refractivity contribution in [2.24, 2.45) is 17.6 Å². The van der Waals surface area contributed by atoms with Crippen LogP contribution in [0.2, 0.25) is 0 Å². The van der Waals surface area contributed by atoms with Crippen molar-refractivity contribution in [2.45, 2.75) is 185 Å². The summed E-state index contributed by atoms with van der Waals surface area (Å²) in [6.45, 7) is 7.97. The summed E-state index contributed by atoms with van der Waals surface area (Å²) in [5, 5.41) is 43.7. The van der Waals surface area contributed by atoms with Gasteiger partial charge in [-0.1, -0.05) is 149 Å². The van der Waals surface area contributed by atoms with E-state index in [1.165, 1.54) is 16.7 Å². The topological polar surface area (TPSA) is 403 Å². The Labute approximate surface area is 602 Å². The second-order valence-electron chi connectivity index (χ2n) is 28.1. The number of amides is 11. The van der Waals surface area contributed by atoms with Gasteiger partial charge in [0, 0.05) is 45.2 Å². The number of aliphatic carboxylic acids is 2. The maximum Gasteiger partial charge on any atom is 0.326 e. The van der Waals surface area contributed by atoms with Crippen LogP contribution in [0.1, 0.15) is 115 Å².